The molecule has 0 amide bonds. The molecular weight excluding hydrogens is 260 g/mol. The normalized spacial score (nSPS) is 47.9. The number of ether oxygens (including phenoxy) is 3. The highest BCUT2D eigenvalue weighted by molar-refractivity contribution is 5.87. The molecule has 0 radical (unpaired) electrons. The Balaban J connectivity index is 1.65. The smallest absolute Gasteiger partial charge is 0.342 e. The quantitative estimate of drug-likeness (QED) is 0.534. The summed E-state index contributed by atoms with van der Waals surface area (Å²) in [4.78, 5) is 12.2. The molecule has 0 unspecified atom stereocenters. The predicted octanol–water partition coefficient (Wildman–Crippen LogP) is 1.82. The van der Waals surface area contributed by atoms with Crippen LogP contribution in [-0.4, -0.2) is 29.4 Å². The number of fused-ring (bicyclic) bond motifs is 3. The number of hydrogen-bond acceptors (Lipinski definition) is 5. The van der Waals surface area contributed by atoms with Crippen LogP contribution < -0.4 is 0 Å². The number of carbonyl (C=O) groups is 1. The molecule has 5 atom stereocenters. The molecule has 1 aliphatic carbocycles. The van der Waals surface area contributed by atoms with Gasteiger partial charge in [-0.15, -0.1) is 0 Å². The fourth-order valence-electron chi connectivity index (χ4n) is 3.95. The predicted molar refractivity (Wildman–Crippen MR) is 66.1 cm³/mol. The van der Waals surface area contributed by atoms with Gasteiger partial charge in [-0.25, -0.2) is 4.79 Å². The Morgan fingerprint density at radius 1 is 1.35 bits per heavy atom. The van der Waals surface area contributed by atoms with Gasteiger partial charge in [0.2, 0.25) is 0 Å². The summed E-state index contributed by atoms with van der Waals surface area (Å²) in [7, 11) is 0. The summed E-state index contributed by atoms with van der Waals surface area (Å²) >= 11 is 0. The van der Waals surface area contributed by atoms with E-state index in [0.717, 1.165) is 29.7 Å². The van der Waals surface area contributed by atoms with Crippen molar-refractivity contribution in [2.24, 2.45) is 0 Å². The Bertz CT molecular complexity index is 634. The van der Waals surface area contributed by atoms with Crippen LogP contribution in [0.4, 0.5) is 0 Å². The standard InChI is InChI=1S/C15H16O5/c1-7-6-17-8-5-14(2)9(19-14)3-4-15-12(20-15)11(10(7)8)18-13(15)16/h6,9,11-12H,3-5H2,1-2H3/t9-,11-,12-,14-,15-/m0/s1. The largest absolute Gasteiger partial charge is 0.469 e. The van der Waals surface area contributed by atoms with Crippen molar-refractivity contribution in [3.8, 4) is 0 Å². The molecule has 1 aromatic heterocycles. The zero-order chi connectivity index (χ0) is 13.7. The van der Waals surface area contributed by atoms with Crippen LogP contribution in [0.25, 0.3) is 0 Å². The van der Waals surface area contributed by atoms with E-state index in [1.165, 1.54) is 0 Å². The molecule has 20 heavy (non-hydrogen) atoms. The molecule has 1 aromatic rings. The van der Waals surface area contributed by atoms with E-state index in [4.69, 9.17) is 18.6 Å². The zero-order valence-electron chi connectivity index (χ0n) is 11.5. The van der Waals surface area contributed by atoms with Gasteiger partial charge in [-0.2, -0.15) is 0 Å². The van der Waals surface area contributed by atoms with Crippen LogP contribution in [0.2, 0.25) is 0 Å². The third kappa shape index (κ3) is 1.19. The lowest BCUT2D eigenvalue weighted by atomic mass is 9.88. The second-order valence-corrected chi connectivity index (χ2v) is 6.64. The van der Waals surface area contributed by atoms with Crippen LogP contribution in [0.1, 0.15) is 42.8 Å². The minimum absolute atomic E-state index is 0.145. The third-order valence-electron chi connectivity index (χ3n) is 5.31. The summed E-state index contributed by atoms with van der Waals surface area (Å²) in [6, 6.07) is 0. The van der Waals surface area contributed by atoms with Gasteiger partial charge in [0.05, 0.1) is 18.0 Å². The van der Waals surface area contributed by atoms with Gasteiger partial charge < -0.3 is 18.6 Å². The minimum atomic E-state index is -0.712. The second-order valence-electron chi connectivity index (χ2n) is 6.64. The Morgan fingerprint density at radius 2 is 2.20 bits per heavy atom. The van der Waals surface area contributed by atoms with Crippen molar-refractivity contribution >= 4 is 5.97 Å². The third-order valence-corrected chi connectivity index (χ3v) is 5.31. The topological polar surface area (TPSA) is 64.5 Å². The molecule has 5 rings (SSSR count). The van der Waals surface area contributed by atoms with Crippen molar-refractivity contribution in [2.75, 3.05) is 0 Å². The number of esters is 1. The average molecular weight is 276 g/mol. The summed E-state index contributed by atoms with van der Waals surface area (Å²) in [6.45, 7) is 4.09. The highest BCUT2D eigenvalue weighted by Crippen LogP contribution is 2.59. The molecule has 5 nitrogen and oxygen atoms in total. The van der Waals surface area contributed by atoms with Crippen LogP contribution in [-0.2, 0) is 25.4 Å². The van der Waals surface area contributed by atoms with Crippen molar-refractivity contribution in [2.45, 2.75) is 62.6 Å². The second kappa shape index (κ2) is 3.12. The van der Waals surface area contributed by atoms with E-state index in [1.54, 1.807) is 6.26 Å². The summed E-state index contributed by atoms with van der Waals surface area (Å²) in [5.41, 5.74) is 1.13. The van der Waals surface area contributed by atoms with Crippen LogP contribution >= 0.6 is 0 Å². The number of aryl methyl sites for hydroxylation is 1. The molecule has 3 saturated heterocycles. The maximum atomic E-state index is 12.2. The fraction of sp³-hybridized carbons (Fsp3) is 0.667. The van der Waals surface area contributed by atoms with E-state index in [1.807, 2.05) is 6.92 Å². The van der Waals surface area contributed by atoms with E-state index in [2.05, 4.69) is 6.92 Å². The molecule has 5 heteroatoms. The van der Waals surface area contributed by atoms with E-state index < -0.39 is 5.60 Å². The van der Waals surface area contributed by atoms with Crippen molar-refractivity contribution in [3.05, 3.63) is 23.2 Å². The SMILES string of the molecule is Cc1coc2c1[C@@H]1OC(=O)[C@@]3(CC[C@@H]4O[C@@]4(C)C2)O[C@@H]13. The number of epoxide rings is 2. The van der Waals surface area contributed by atoms with Crippen molar-refractivity contribution in [3.63, 3.8) is 0 Å². The summed E-state index contributed by atoms with van der Waals surface area (Å²) in [6.07, 6.45) is 3.73. The number of rotatable bonds is 0. The van der Waals surface area contributed by atoms with Gasteiger partial charge in [-0.05, 0) is 32.3 Å². The van der Waals surface area contributed by atoms with Gasteiger partial charge in [0.15, 0.2) is 11.7 Å². The van der Waals surface area contributed by atoms with Crippen molar-refractivity contribution in [1.29, 1.82) is 0 Å². The molecule has 106 valence electrons. The highest BCUT2D eigenvalue weighted by atomic mass is 16.7. The lowest BCUT2D eigenvalue weighted by Crippen LogP contribution is -2.24. The monoisotopic (exact) mass is 276 g/mol. The summed E-state index contributed by atoms with van der Waals surface area (Å²) < 4.78 is 22.9. The van der Waals surface area contributed by atoms with Gasteiger partial charge in [0.25, 0.3) is 0 Å². The lowest BCUT2D eigenvalue weighted by Gasteiger charge is -2.14. The van der Waals surface area contributed by atoms with Crippen molar-refractivity contribution in [1.82, 2.24) is 0 Å². The summed E-state index contributed by atoms with van der Waals surface area (Å²) in [5, 5.41) is 0. The van der Waals surface area contributed by atoms with E-state index in [0.29, 0.717) is 6.42 Å². The Morgan fingerprint density at radius 3 is 3.00 bits per heavy atom. The van der Waals surface area contributed by atoms with Gasteiger partial charge in [0.1, 0.15) is 11.9 Å². The molecule has 0 saturated carbocycles. The van der Waals surface area contributed by atoms with Gasteiger partial charge in [-0.3, -0.25) is 0 Å². The number of furan rings is 1. The first-order valence-corrected chi connectivity index (χ1v) is 7.17. The maximum absolute atomic E-state index is 12.2. The lowest BCUT2D eigenvalue weighted by molar-refractivity contribution is -0.154. The van der Waals surface area contributed by atoms with E-state index in [-0.39, 0.29) is 29.9 Å². The molecule has 0 spiro atoms. The minimum Gasteiger partial charge on any atom is -0.469 e. The van der Waals surface area contributed by atoms with E-state index in [9.17, 15) is 4.79 Å². The van der Waals surface area contributed by atoms with Crippen LogP contribution in [0.5, 0.6) is 0 Å². The van der Waals surface area contributed by atoms with Crippen LogP contribution in [0.3, 0.4) is 0 Å². The average Bonchev–Trinajstić information content (AvgIpc) is 3.21. The Hall–Kier alpha value is -1.33. The first-order valence-electron chi connectivity index (χ1n) is 7.17. The van der Waals surface area contributed by atoms with Crippen LogP contribution in [0.15, 0.2) is 10.7 Å². The summed E-state index contributed by atoms with van der Waals surface area (Å²) in [5.74, 6) is 0.654. The van der Waals surface area contributed by atoms with Gasteiger partial charge in [-0.1, -0.05) is 0 Å². The van der Waals surface area contributed by atoms with Gasteiger partial charge >= 0.3 is 5.97 Å². The molecule has 3 aliphatic heterocycles. The molecule has 2 bridgehead atoms. The maximum Gasteiger partial charge on any atom is 0.342 e. The highest BCUT2D eigenvalue weighted by Gasteiger charge is 2.74. The molecule has 4 aliphatic rings. The molecule has 0 aromatic carbocycles. The number of hydrogen-bond donors (Lipinski definition) is 0. The zero-order valence-corrected chi connectivity index (χ0v) is 11.5. The Labute approximate surface area is 116 Å². The van der Waals surface area contributed by atoms with Crippen LogP contribution in [0, 0.1) is 6.92 Å². The molecule has 4 heterocycles. The first kappa shape index (κ1) is 11.3. The Kier molecular flexibility index (Phi) is 1.77. The van der Waals surface area contributed by atoms with E-state index >= 15 is 0 Å². The fourth-order valence-corrected chi connectivity index (χ4v) is 3.95. The molecule has 0 N–H and O–H groups in total. The first-order chi connectivity index (χ1) is 9.53. The number of carbonyl (C=O) groups excluding carboxylic acids is 1. The van der Waals surface area contributed by atoms with Gasteiger partial charge in [0, 0.05) is 12.0 Å². The van der Waals surface area contributed by atoms with Crippen molar-refractivity contribution < 1.29 is 23.4 Å². The molecular formula is C15H16O5. The molecule has 3 fully saturated rings.